The van der Waals surface area contributed by atoms with E-state index in [0.717, 1.165) is 42.5 Å². The van der Waals surface area contributed by atoms with Gasteiger partial charge >= 0.3 is 0 Å². The maximum absolute atomic E-state index is 9.95. The highest BCUT2D eigenvalue weighted by Crippen LogP contribution is 2.28. The smallest absolute Gasteiger partial charge is 0.217 e. The highest BCUT2D eigenvalue weighted by Gasteiger charge is 2.17. The van der Waals surface area contributed by atoms with Crippen molar-refractivity contribution < 1.29 is 5.11 Å². The third-order valence-corrected chi connectivity index (χ3v) is 3.19. The predicted molar refractivity (Wildman–Crippen MR) is 65.8 cm³/mol. The quantitative estimate of drug-likeness (QED) is 0.813. The highest BCUT2D eigenvalue weighted by atomic mass is 16.3. The Morgan fingerprint density at radius 1 is 0.941 bits per heavy atom. The van der Waals surface area contributed by atoms with Crippen molar-refractivity contribution in [1.82, 2.24) is 9.97 Å². The monoisotopic (exact) mass is 226 g/mol. The summed E-state index contributed by atoms with van der Waals surface area (Å²) in [4.78, 5) is 8.77. The molecule has 1 heterocycles. The molecule has 0 aliphatic heterocycles. The first-order chi connectivity index (χ1) is 8.34. The number of benzene rings is 1. The second-order valence-electron chi connectivity index (χ2n) is 4.37. The Bertz CT molecular complexity index is 537. The van der Waals surface area contributed by atoms with E-state index in [9.17, 15) is 5.11 Å². The van der Waals surface area contributed by atoms with Gasteiger partial charge in [-0.15, -0.1) is 0 Å². The average molecular weight is 226 g/mol. The SMILES string of the molecule is Oc1nc(-c2ccccc2)nc2c1CCCC2. The Morgan fingerprint density at radius 3 is 2.53 bits per heavy atom. The van der Waals surface area contributed by atoms with Crippen LogP contribution in [0.4, 0.5) is 0 Å². The van der Waals surface area contributed by atoms with Gasteiger partial charge in [0, 0.05) is 11.1 Å². The van der Waals surface area contributed by atoms with Gasteiger partial charge < -0.3 is 5.11 Å². The normalized spacial score (nSPS) is 14.4. The van der Waals surface area contributed by atoms with Crippen molar-refractivity contribution >= 4 is 0 Å². The maximum Gasteiger partial charge on any atom is 0.217 e. The van der Waals surface area contributed by atoms with Crippen molar-refractivity contribution in [2.75, 3.05) is 0 Å². The number of aryl methyl sites for hydroxylation is 1. The van der Waals surface area contributed by atoms with Crippen molar-refractivity contribution in [3.05, 3.63) is 41.6 Å². The average Bonchev–Trinajstić information content (AvgIpc) is 2.40. The fourth-order valence-electron chi connectivity index (χ4n) is 2.29. The van der Waals surface area contributed by atoms with Crippen molar-refractivity contribution in [3.8, 4) is 17.3 Å². The van der Waals surface area contributed by atoms with Crippen LogP contribution in [0.5, 0.6) is 5.88 Å². The minimum absolute atomic E-state index is 0.161. The van der Waals surface area contributed by atoms with E-state index >= 15 is 0 Å². The fourth-order valence-corrected chi connectivity index (χ4v) is 2.29. The molecule has 1 aromatic heterocycles. The van der Waals surface area contributed by atoms with Crippen molar-refractivity contribution in [1.29, 1.82) is 0 Å². The van der Waals surface area contributed by atoms with Crippen molar-refractivity contribution in [3.63, 3.8) is 0 Å². The third-order valence-electron chi connectivity index (χ3n) is 3.19. The molecule has 3 nitrogen and oxygen atoms in total. The Hall–Kier alpha value is -1.90. The summed E-state index contributed by atoms with van der Waals surface area (Å²) >= 11 is 0. The Balaban J connectivity index is 2.11. The summed E-state index contributed by atoms with van der Waals surface area (Å²) in [5.74, 6) is 0.789. The highest BCUT2D eigenvalue weighted by molar-refractivity contribution is 5.56. The van der Waals surface area contributed by atoms with Gasteiger partial charge in [0.1, 0.15) is 0 Å². The molecule has 86 valence electrons. The summed E-state index contributed by atoms with van der Waals surface area (Å²) in [6.07, 6.45) is 4.12. The van der Waals surface area contributed by atoms with Crippen LogP contribution in [-0.4, -0.2) is 15.1 Å². The van der Waals surface area contributed by atoms with Crippen LogP contribution in [0.2, 0.25) is 0 Å². The van der Waals surface area contributed by atoms with E-state index in [1.54, 1.807) is 0 Å². The zero-order chi connectivity index (χ0) is 11.7. The number of nitrogens with zero attached hydrogens (tertiary/aromatic N) is 2. The summed E-state index contributed by atoms with van der Waals surface area (Å²) in [7, 11) is 0. The van der Waals surface area contributed by atoms with Gasteiger partial charge in [-0.3, -0.25) is 0 Å². The largest absolute Gasteiger partial charge is 0.493 e. The predicted octanol–water partition coefficient (Wildman–Crippen LogP) is 2.73. The summed E-state index contributed by atoms with van der Waals surface area (Å²) in [6, 6.07) is 9.79. The van der Waals surface area contributed by atoms with Crippen LogP contribution in [0, 0.1) is 0 Å². The summed E-state index contributed by atoms with van der Waals surface area (Å²) in [6.45, 7) is 0. The molecule has 0 bridgehead atoms. The van der Waals surface area contributed by atoms with E-state index in [2.05, 4.69) is 9.97 Å². The topological polar surface area (TPSA) is 46.0 Å². The molecule has 1 aliphatic rings. The standard InChI is InChI=1S/C14H14N2O/c17-14-11-8-4-5-9-12(11)15-13(16-14)10-6-2-1-3-7-10/h1-3,6-7H,4-5,8-9H2,(H,15,16,17). The number of hydrogen-bond donors (Lipinski definition) is 1. The van der Waals surface area contributed by atoms with E-state index in [4.69, 9.17) is 0 Å². The molecule has 0 radical (unpaired) electrons. The number of rotatable bonds is 1. The minimum atomic E-state index is 0.161. The molecule has 2 aromatic rings. The molecule has 0 saturated carbocycles. The summed E-state index contributed by atoms with van der Waals surface area (Å²) in [5, 5.41) is 9.95. The molecule has 0 amide bonds. The van der Waals surface area contributed by atoms with E-state index in [1.807, 2.05) is 30.3 Å². The van der Waals surface area contributed by atoms with Crippen LogP contribution in [0.1, 0.15) is 24.1 Å². The van der Waals surface area contributed by atoms with Gasteiger partial charge in [-0.05, 0) is 25.7 Å². The molecular formula is C14H14N2O. The molecule has 1 aliphatic carbocycles. The number of aromatic hydroxyl groups is 1. The molecule has 1 N–H and O–H groups in total. The van der Waals surface area contributed by atoms with Crippen LogP contribution >= 0.6 is 0 Å². The number of fused-ring (bicyclic) bond motifs is 1. The van der Waals surface area contributed by atoms with Crippen molar-refractivity contribution in [2.45, 2.75) is 25.7 Å². The first-order valence-corrected chi connectivity index (χ1v) is 5.99. The Kier molecular flexibility index (Phi) is 2.52. The maximum atomic E-state index is 9.95. The lowest BCUT2D eigenvalue weighted by Gasteiger charge is -2.16. The first-order valence-electron chi connectivity index (χ1n) is 5.99. The van der Waals surface area contributed by atoms with Crippen LogP contribution in [-0.2, 0) is 12.8 Å². The molecule has 1 aromatic carbocycles. The van der Waals surface area contributed by atoms with Crippen LogP contribution in [0.25, 0.3) is 11.4 Å². The Labute approximate surface area is 100 Å². The van der Waals surface area contributed by atoms with E-state index in [-0.39, 0.29) is 5.88 Å². The van der Waals surface area contributed by atoms with E-state index in [1.165, 1.54) is 0 Å². The van der Waals surface area contributed by atoms with Gasteiger partial charge in [0.25, 0.3) is 0 Å². The zero-order valence-electron chi connectivity index (χ0n) is 9.56. The van der Waals surface area contributed by atoms with Gasteiger partial charge in [0.2, 0.25) is 5.88 Å². The third kappa shape index (κ3) is 1.88. The molecule has 0 saturated heterocycles. The molecule has 0 unspecified atom stereocenters. The molecule has 17 heavy (non-hydrogen) atoms. The van der Waals surface area contributed by atoms with Gasteiger partial charge in [-0.25, -0.2) is 4.98 Å². The lowest BCUT2D eigenvalue weighted by atomic mass is 9.96. The molecule has 0 atom stereocenters. The van der Waals surface area contributed by atoms with Gasteiger partial charge in [0.05, 0.1) is 5.69 Å². The zero-order valence-corrected chi connectivity index (χ0v) is 9.56. The Morgan fingerprint density at radius 2 is 1.71 bits per heavy atom. The van der Waals surface area contributed by atoms with Crippen LogP contribution in [0.3, 0.4) is 0 Å². The second kappa shape index (κ2) is 4.17. The molecule has 3 heteroatoms. The van der Waals surface area contributed by atoms with Gasteiger partial charge in [0.15, 0.2) is 5.82 Å². The van der Waals surface area contributed by atoms with Crippen molar-refractivity contribution in [2.24, 2.45) is 0 Å². The van der Waals surface area contributed by atoms with Gasteiger partial charge in [-0.2, -0.15) is 4.98 Å². The lowest BCUT2D eigenvalue weighted by molar-refractivity contribution is 0.437. The second-order valence-corrected chi connectivity index (χ2v) is 4.37. The summed E-state index contributed by atoms with van der Waals surface area (Å²) in [5.41, 5.74) is 2.91. The lowest BCUT2D eigenvalue weighted by Crippen LogP contribution is -2.08. The van der Waals surface area contributed by atoms with E-state index in [0.29, 0.717) is 5.82 Å². The minimum Gasteiger partial charge on any atom is -0.493 e. The van der Waals surface area contributed by atoms with Crippen LogP contribution < -0.4 is 0 Å². The first kappa shape index (κ1) is 10.3. The molecule has 3 rings (SSSR count). The van der Waals surface area contributed by atoms with E-state index < -0.39 is 0 Å². The molecule has 0 spiro atoms. The van der Waals surface area contributed by atoms with Crippen LogP contribution in [0.15, 0.2) is 30.3 Å². The molecule has 0 fully saturated rings. The number of hydrogen-bond acceptors (Lipinski definition) is 3. The van der Waals surface area contributed by atoms with Gasteiger partial charge in [-0.1, -0.05) is 30.3 Å². The fraction of sp³-hybridized carbons (Fsp3) is 0.286. The summed E-state index contributed by atoms with van der Waals surface area (Å²) < 4.78 is 0. The molecular weight excluding hydrogens is 212 g/mol. The number of aromatic nitrogens is 2.